The highest BCUT2D eigenvalue weighted by Gasteiger charge is 2.10. The van der Waals surface area contributed by atoms with Crippen LogP contribution < -0.4 is 14.8 Å². The second kappa shape index (κ2) is 9.94. The third kappa shape index (κ3) is 5.49. The van der Waals surface area contributed by atoms with E-state index in [0.717, 1.165) is 16.9 Å². The molecular formula is C25H22N2O3. The summed E-state index contributed by atoms with van der Waals surface area (Å²) in [5.74, 6) is 0.938. The van der Waals surface area contributed by atoms with E-state index >= 15 is 0 Å². The maximum absolute atomic E-state index is 12.4. The topological polar surface area (TPSA) is 71.3 Å². The molecule has 0 saturated carbocycles. The van der Waals surface area contributed by atoms with Crippen LogP contribution in [0.2, 0.25) is 0 Å². The number of carbonyl (C=O) groups is 1. The van der Waals surface area contributed by atoms with Crippen LogP contribution >= 0.6 is 0 Å². The van der Waals surface area contributed by atoms with Crippen molar-refractivity contribution < 1.29 is 14.3 Å². The van der Waals surface area contributed by atoms with E-state index in [1.54, 1.807) is 37.5 Å². The fraction of sp³-hybridized carbons (Fsp3) is 0.120. The van der Waals surface area contributed by atoms with Crippen LogP contribution in [0.4, 0.5) is 5.69 Å². The predicted octanol–water partition coefficient (Wildman–Crippen LogP) is 5.13. The lowest BCUT2D eigenvalue weighted by Crippen LogP contribution is -2.13. The number of methoxy groups -OCH3 is 1. The average Bonchev–Trinajstić information content (AvgIpc) is 2.78. The summed E-state index contributed by atoms with van der Waals surface area (Å²) in [6.07, 6.45) is 1.55. The zero-order chi connectivity index (χ0) is 21.3. The van der Waals surface area contributed by atoms with Crippen LogP contribution in [-0.4, -0.2) is 13.0 Å². The molecule has 5 nitrogen and oxygen atoms in total. The van der Waals surface area contributed by atoms with Crippen molar-refractivity contribution in [3.05, 3.63) is 95.1 Å². The molecule has 0 atom stereocenters. The van der Waals surface area contributed by atoms with Gasteiger partial charge < -0.3 is 14.8 Å². The highest BCUT2D eigenvalue weighted by molar-refractivity contribution is 6.09. The quantitative estimate of drug-likeness (QED) is 0.442. The van der Waals surface area contributed by atoms with Gasteiger partial charge in [-0.25, -0.2) is 0 Å². The van der Waals surface area contributed by atoms with Crippen molar-refractivity contribution in [3.63, 3.8) is 0 Å². The van der Waals surface area contributed by atoms with E-state index in [0.29, 0.717) is 18.0 Å². The monoisotopic (exact) mass is 398 g/mol. The second-order valence-electron chi connectivity index (χ2n) is 6.64. The number of hydrogen-bond acceptors (Lipinski definition) is 4. The van der Waals surface area contributed by atoms with E-state index in [1.165, 1.54) is 5.56 Å². The Morgan fingerprint density at radius 1 is 1.00 bits per heavy atom. The van der Waals surface area contributed by atoms with Gasteiger partial charge in [-0.2, -0.15) is 5.26 Å². The third-order valence-electron chi connectivity index (χ3n) is 4.56. The van der Waals surface area contributed by atoms with E-state index in [9.17, 15) is 10.1 Å². The number of nitrogens with zero attached hydrogens (tertiary/aromatic N) is 1. The maximum Gasteiger partial charge on any atom is 0.266 e. The lowest BCUT2D eigenvalue weighted by molar-refractivity contribution is -0.112. The third-order valence-corrected chi connectivity index (χ3v) is 4.56. The Kier molecular flexibility index (Phi) is 6.86. The number of carbonyl (C=O) groups excluding carboxylic acids is 1. The van der Waals surface area contributed by atoms with Crippen LogP contribution in [-0.2, 0) is 11.4 Å². The number of benzene rings is 3. The molecule has 3 aromatic rings. The summed E-state index contributed by atoms with van der Waals surface area (Å²) in [6, 6.07) is 24.2. The molecule has 1 amide bonds. The van der Waals surface area contributed by atoms with Crippen LogP contribution in [0.25, 0.3) is 6.08 Å². The van der Waals surface area contributed by atoms with Crippen molar-refractivity contribution in [3.8, 4) is 17.6 Å². The van der Waals surface area contributed by atoms with Gasteiger partial charge in [0.05, 0.1) is 7.11 Å². The Labute approximate surface area is 176 Å². The highest BCUT2D eigenvalue weighted by Crippen LogP contribution is 2.19. The van der Waals surface area contributed by atoms with Gasteiger partial charge in [0, 0.05) is 5.69 Å². The SMILES string of the molecule is COc1ccc(NC(=O)/C(C#N)=C\c2ccc(OCc3ccccc3C)cc2)cc1. The van der Waals surface area contributed by atoms with Crippen LogP contribution in [0, 0.1) is 18.3 Å². The van der Waals surface area contributed by atoms with Gasteiger partial charge in [0.1, 0.15) is 29.7 Å². The average molecular weight is 398 g/mol. The molecule has 0 saturated heterocycles. The maximum atomic E-state index is 12.4. The standard InChI is InChI=1S/C25H22N2O3/c1-18-5-3-4-6-20(18)17-30-24-11-7-19(8-12-24)15-21(16-26)25(28)27-22-9-13-23(29-2)14-10-22/h3-15H,17H2,1-2H3,(H,27,28)/b21-15-. The summed E-state index contributed by atoms with van der Waals surface area (Å²) in [5.41, 5.74) is 3.64. The van der Waals surface area contributed by atoms with Gasteiger partial charge in [0.2, 0.25) is 0 Å². The molecule has 3 aromatic carbocycles. The van der Waals surface area contributed by atoms with Crippen molar-refractivity contribution in [2.75, 3.05) is 12.4 Å². The Morgan fingerprint density at radius 3 is 2.30 bits per heavy atom. The molecule has 30 heavy (non-hydrogen) atoms. The van der Waals surface area contributed by atoms with Crippen molar-refractivity contribution in [1.82, 2.24) is 0 Å². The zero-order valence-corrected chi connectivity index (χ0v) is 16.9. The van der Waals surface area contributed by atoms with E-state index in [-0.39, 0.29) is 5.57 Å². The molecule has 0 unspecified atom stereocenters. The summed E-state index contributed by atoms with van der Waals surface area (Å²) in [6.45, 7) is 2.53. The van der Waals surface area contributed by atoms with Crippen LogP contribution in [0.5, 0.6) is 11.5 Å². The van der Waals surface area contributed by atoms with E-state index in [4.69, 9.17) is 9.47 Å². The first kappa shape index (κ1) is 20.7. The molecule has 0 fully saturated rings. The first-order chi connectivity index (χ1) is 14.6. The fourth-order valence-electron chi connectivity index (χ4n) is 2.78. The lowest BCUT2D eigenvalue weighted by atomic mass is 10.1. The van der Waals surface area contributed by atoms with Gasteiger partial charge in [0.25, 0.3) is 5.91 Å². The first-order valence-corrected chi connectivity index (χ1v) is 9.43. The molecule has 0 spiro atoms. The number of hydrogen-bond donors (Lipinski definition) is 1. The molecule has 5 heteroatoms. The number of rotatable bonds is 7. The summed E-state index contributed by atoms with van der Waals surface area (Å²) in [7, 11) is 1.57. The number of ether oxygens (including phenoxy) is 2. The smallest absolute Gasteiger partial charge is 0.266 e. The number of amides is 1. The summed E-state index contributed by atoms with van der Waals surface area (Å²) < 4.78 is 10.9. The highest BCUT2D eigenvalue weighted by atomic mass is 16.5. The van der Waals surface area contributed by atoms with Gasteiger partial charge in [-0.05, 0) is 66.1 Å². The Bertz CT molecular complexity index is 1080. The molecule has 0 aliphatic rings. The number of anilines is 1. The Morgan fingerprint density at radius 2 is 1.67 bits per heavy atom. The van der Waals surface area contributed by atoms with Crippen molar-refractivity contribution >= 4 is 17.7 Å². The minimum absolute atomic E-state index is 0.0133. The largest absolute Gasteiger partial charge is 0.497 e. The van der Waals surface area contributed by atoms with Crippen LogP contribution in [0.3, 0.4) is 0 Å². The minimum Gasteiger partial charge on any atom is -0.497 e. The lowest BCUT2D eigenvalue weighted by Gasteiger charge is -2.09. The molecule has 3 rings (SSSR count). The Hall–Kier alpha value is -4.04. The van der Waals surface area contributed by atoms with E-state index < -0.39 is 5.91 Å². The molecule has 0 heterocycles. The molecule has 0 radical (unpaired) electrons. The predicted molar refractivity (Wildman–Crippen MR) is 117 cm³/mol. The van der Waals surface area contributed by atoms with Crippen LogP contribution in [0.15, 0.2) is 78.4 Å². The summed E-state index contributed by atoms with van der Waals surface area (Å²) in [4.78, 5) is 12.4. The van der Waals surface area contributed by atoms with Crippen molar-refractivity contribution in [2.24, 2.45) is 0 Å². The van der Waals surface area contributed by atoms with Gasteiger partial charge in [-0.15, -0.1) is 0 Å². The van der Waals surface area contributed by atoms with Crippen LogP contribution in [0.1, 0.15) is 16.7 Å². The summed E-state index contributed by atoms with van der Waals surface area (Å²) >= 11 is 0. The van der Waals surface area contributed by atoms with Gasteiger partial charge in [0.15, 0.2) is 0 Å². The van der Waals surface area contributed by atoms with E-state index in [2.05, 4.69) is 5.32 Å². The van der Waals surface area contributed by atoms with Crippen molar-refractivity contribution in [2.45, 2.75) is 13.5 Å². The number of aryl methyl sites for hydroxylation is 1. The summed E-state index contributed by atoms with van der Waals surface area (Å²) in [5, 5.41) is 12.1. The molecule has 1 N–H and O–H groups in total. The van der Waals surface area contributed by atoms with Gasteiger partial charge >= 0.3 is 0 Å². The first-order valence-electron chi connectivity index (χ1n) is 9.43. The number of nitrogens with one attached hydrogen (secondary N) is 1. The fourth-order valence-corrected chi connectivity index (χ4v) is 2.78. The zero-order valence-electron chi connectivity index (χ0n) is 16.9. The Balaban J connectivity index is 1.64. The normalized spacial score (nSPS) is 10.8. The molecule has 0 bridgehead atoms. The van der Waals surface area contributed by atoms with Gasteiger partial charge in [-0.1, -0.05) is 36.4 Å². The molecule has 0 aliphatic carbocycles. The second-order valence-corrected chi connectivity index (χ2v) is 6.64. The molecule has 0 aromatic heterocycles. The van der Waals surface area contributed by atoms with E-state index in [1.807, 2.05) is 61.5 Å². The number of nitriles is 1. The minimum atomic E-state index is -0.470. The molecule has 0 aliphatic heterocycles. The molecule has 150 valence electrons. The van der Waals surface area contributed by atoms with Gasteiger partial charge in [-0.3, -0.25) is 4.79 Å². The molecular weight excluding hydrogens is 376 g/mol. The van der Waals surface area contributed by atoms with Crippen molar-refractivity contribution in [1.29, 1.82) is 5.26 Å².